The van der Waals surface area contributed by atoms with Crippen molar-refractivity contribution < 1.29 is 58.9 Å². The number of ether oxygens (including phenoxy) is 2. The molecule has 1 aromatic carbocycles. The van der Waals surface area contributed by atoms with Crippen molar-refractivity contribution in [3.8, 4) is 5.75 Å². The number of hydrogen-bond acceptors (Lipinski definition) is 8. The third-order valence-electron chi connectivity index (χ3n) is 6.97. The molecule has 4 unspecified atom stereocenters. The van der Waals surface area contributed by atoms with Gasteiger partial charge < -0.3 is 49.3 Å². The van der Waals surface area contributed by atoms with Gasteiger partial charge in [-0.05, 0) is 36.4 Å². The number of nitrogens with one attached hydrogen (secondary N) is 2. The second kappa shape index (κ2) is 14.9. The molecular weight excluding hydrogens is 500 g/mol. The summed E-state index contributed by atoms with van der Waals surface area (Å²) in [5, 5.41) is 34.5. The zero-order valence-electron chi connectivity index (χ0n) is 21.3. The van der Waals surface area contributed by atoms with Gasteiger partial charge in [0.1, 0.15) is 24.9 Å². The Hall–Kier alpha value is -3.74. The highest BCUT2D eigenvalue weighted by atomic mass is 16.5. The molecule has 4 N–H and O–H groups in total. The van der Waals surface area contributed by atoms with E-state index in [2.05, 4.69) is 31.3 Å². The summed E-state index contributed by atoms with van der Waals surface area (Å²) in [6.45, 7) is 2.04. The first-order valence-corrected chi connectivity index (χ1v) is 12.2. The first-order chi connectivity index (χ1) is 18.0. The summed E-state index contributed by atoms with van der Waals surface area (Å²) in [7, 11) is 4.12. The quantitative estimate of drug-likeness (QED) is 0.257. The Balaban J connectivity index is 0.000000264. The highest BCUT2D eigenvalue weighted by Crippen LogP contribution is 2.24. The van der Waals surface area contributed by atoms with E-state index in [0.29, 0.717) is 24.3 Å². The SMILES string of the molecule is COc1ccc(C2OCC[NH+]2C2CC3CCC(C2)[NH+]3C)cc1.O=C([O-])/C=C\C(=O)O.O=C([O-])/C=C\C(=O)O. The zero-order chi connectivity index (χ0) is 28.2. The smallest absolute Gasteiger partial charge is 0.328 e. The Bertz CT molecular complexity index is 943. The third-order valence-corrected chi connectivity index (χ3v) is 6.97. The second-order valence-corrected chi connectivity index (χ2v) is 9.21. The van der Waals surface area contributed by atoms with Gasteiger partial charge >= 0.3 is 11.9 Å². The molecule has 0 amide bonds. The minimum absolute atomic E-state index is 0.216. The van der Waals surface area contributed by atoms with Crippen molar-refractivity contribution in [1.82, 2.24) is 0 Å². The Morgan fingerprint density at radius 2 is 1.39 bits per heavy atom. The van der Waals surface area contributed by atoms with E-state index in [1.54, 1.807) is 16.9 Å². The maximum absolute atomic E-state index is 9.53. The number of piperidine rings is 1. The molecule has 38 heavy (non-hydrogen) atoms. The normalized spacial score (nSPS) is 27.6. The predicted octanol–water partition coefficient (Wildman–Crippen LogP) is -3.43. The van der Waals surface area contributed by atoms with Crippen LogP contribution in [0.25, 0.3) is 0 Å². The molecular formula is C26H34N2O10. The number of fused-ring (bicyclic) bond motifs is 2. The van der Waals surface area contributed by atoms with E-state index in [9.17, 15) is 29.4 Å². The Kier molecular flexibility index (Phi) is 11.9. The lowest BCUT2D eigenvalue weighted by molar-refractivity contribution is -0.984. The molecule has 2 bridgehead atoms. The summed E-state index contributed by atoms with van der Waals surface area (Å²) in [6, 6.07) is 11.0. The Morgan fingerprint density at radius 1 is 0.895 bits per heavy atom. The molecule has 0 radical (unpaired) electrons. The van der Waals surface area contributed by atoms with Crippen molar-refractivity contribution in [2.45, 2.75) is 50.0 Å². The number of carbonyl (C=O) groups excluding carboxylic acids is 2. The largest absolute Gasteiger partial charge is 0.545 e. The molecule has 0 saturated carbocycles. The first-order valence-electron chi connectivity index (χ1n) is 12.2. The summed E-state index contributed by atoms with van der Waals surface area (Å²) in [4.78, 5) is 41.4. The van der Waals surface area contributed by atoms with Gasteiger partial charge in [0.25, 0.3) is 0 Å². The van der Waals surface area contributed by atoms with Crippen LogP contribution in [0.1, 0.15) is 37.5 Å². The minimum atomic E-state index is -1.51. The summed E-state index contributed by atoms with van der Waals surface area (Å²) >= 11 is 0. The van der Waals surface area contributed by atoms with Crippen LogP contribution in [0.2, 0.25) is 0 Å². The van der Waals surface area contributed by atoms with E-state index in [1.807, 2.05) is 0 Å². The van der Waals surface area contributed by atoms with E-state index < -0.39 is 23.9 Å². The molecule has 208 valence electrons. The molecule has 1 aromatic rings. The van der Waals surface area contributed by atoms with Crippen LogP contribution in [0.5, 0.6) is 5.75 Å². The number of benzene rings is 1. The van der Waals surface area contributed by atoms with Crippen molar-refractivity contribution >= 4 is 23.9 Å². The number of rotatable bonds is 7. The van der Waals surface area contributed by atoms with Gasteiger partial charge in [-0.1, -0.05) is 0 Å². The second-order valence-electron chi connectivity index (χ2n) is 9.21. The lowest BCUT2D eigenvalue weighted by atomic mass is 9.96. The molecule has 4 rings (SSSR count). The molecule has 0 spiro atoms. The molecule has 12 heteroatoms. The van der Waals surface area contributed by atoms with Gasteiger partial charge in [-0.2, -0.15) is 0 Å². The monoisotopic (exact) mass is 534 g/mol. The van der Waals surface area contributed by atoms with E-state index in [-0.39, 0.29) is 6.23 Å². The zero-order valence-corrected chi connectivity index (χ0v) is 21.3. The van der Waals surface area contributed by atoms with Crippen LogP contribution in [0.4, 0.5) is 0 Å². The number of carboxylic acid groups (broad SMARTS) is 4. The van der Waals surface area contributed by atoms with Crippen molar-refractivity contribution in [2.24, 2.45) is 0 Å². The number of carbonyl (C=O) groups is 4. The van der Waals surface area contributed by atoms with Gasteiger partial charge in [0.2, 0.25) is 6.23 Å². The van der Waals surface area contributed by atoms with Crippen LogP contribution in [0.3, 0.4) is 0 Å². The molecule has 3 aliphatic rings. The molecule has 3 saturated heterocycles. The predicted molar refractivity (Wildman–Crippen MR) is 128 cm³/mol. The molecule has 12 nitrogen and oxygen atoms in total. The highest BCUT2D eigenvalue weighted by Gasteiger charge is 2.48. The van der Waals surface area contributed by atoms with E-state index in [0.717, 1.165) is 37.0 Å². The third kappa shape index (κ3) is 9.61. The summed E-state index contributed by atoms with van der Waals surface area (Å²) in [5.74, 6) is -4.69. The van der Waals surface area contributed by atoms with Gasteiger partial charge in [0, 0.05) is 30.6 Å². The van der Waals surface area contributed by atoms with Gasteiger partial charge in [-0.25, -0.2) is 9.59 Å². The van der Waals surface area contributed by atoms with Gasteiger partial charge in [0.05, 0.1) is 51.0 Å². The Labute approximate surface area is 220 Å². The maximum atomic E-state index is 9.53. The van der Waals surface area contributed by atoms with Gasteiger partial charge in [-0.15, -0.1) is 0 Å². The first kappa shape index (κ1) is 30.5. The number of aliphatic carboxylic acids is 4. The molecule has 3 fully saturated rings. The fourth-order valence-electron chi connectivity index (χ4n) is 5.20. The molecule has 4 atom stereocenters. The topological polar surface area (TPSA) is 182 Å². The van der Waals surface area contributed by atoms with E-state index >= 15 is 0 Å². The lowest BCUT2D eigenvalue weighted by Gasteiger charge is -2.37. The number of hydrogen-bond donors (Lipinski definition) is 4. The summed E-state index contributed by atoms with van der Waals surface area (Å²) in [5.41, 5.74) is 1.30. The molecule has 3 heterocycles. The van der Waals surface area contributed by atoms with Gasteiger partial charge in [0.15, 0.2) is 0 Å². The van der Waals surface area contributed by atoms with Crippen LogP contribution in [-0.2, 0) is 23.9 Å². The van der Waals surface area contributed by atoms with Crippen molar-refractivity contribution in [1.29, 1.82) is 0 Å². The van der Waals surface area contributed by atoms with Crippen LogP contribution in [0.15, 0.2) is 48.6 Å². The van der Waals surface area contributed by atoms with Crippen molar-refractivity contribution in [3.05, 3.63) is 54.1 Å². The molecule has 3 aliphatic heterocycles. The summed E-state index contributed by atoms with van der Waals surface area (Å²) in [6.07, 6.45) is 7.69. The van der Waals surface area contributed by atoms with E-state index in [4.69, 9.17) is 19.7 Å². The Morgan fingerprint density at radius 3 is 1.79 bits per heavy atom. The number of quaternary nitrogens is 2. The van der Waals surface area contributed by atoms with E-state index in [1.165, 1.54) is 31.2 Å². The number of carboxylic acids is 4. The molecule has 0 aliphatic carbocycles. The fourth-order valence-corrected chi connectivity index (χ4v) is 5.20. The highest BCUT2D eigenvalue weighted by molar-refractivity contribution is 5.89. The van der Waals surface area contributed by atoms with Crippen LogP contribution in [0, 0.1) is 0 Å². The van der Waals surface area contributed by atoms with Gasteiger partial charge in [-0.3, -0.25) is 0 Å². The average molecular weight is 535 g/mol. The minimum Gasteiger partial charge on any atom is -0.545 e. The fraction of sp³-hybridized carbons (Fsp3) is 0.462. The average Bonchev–Trinajstić information content (AvgIpc) is 3.42. The van der Waals surface area contributed by atoms with Crippen molar-refractivity contribution in [3.63, 3.8) is 0 Å². The lowest BCUT2D eigenvalue weighted by Crippen LogP contribution is -3.21. The summed E-state index contributed by atoms with van der Waals surface area (Å²) < 4.78 is 11.4. The standard InChI is InChI=1S/C18H26N2O2.2C4H4O4/c1-19-14-5-6-15(19)12-16(11-14)20-9-10-22-18(20)13-3-7-17(21-2)8-4-13;2*5-3(6)1-2-4(7)8/h3-4,7-8,14-16,18H,5-6,9-12H2,1-2H3;2*1-2H,(H,5,6)(H,7,8)/b;2*2-1-. The van der Waals surface area contributed by atoms with Crippen LogP contribution < -0.4 is 24.7 Å². The molecule has 0 aromatic heterocycles. The number of methoxy groups -OCH3 is 1. The van der Waals surface area contributed by atoms with Crippen molar-refractivity contribution in [2.75, 3.05) is 27.3 Å². The van der Waals surface area contributed by atoms with Crippen LogP contribution >= 0.6 is 0 Å². The van der Waals surface area contributed by atoms with Crippen LogP contribution in [-0.4, -0.2) is 79.5 Å². The maximum Gasteiger partial charge on any atom is 0.328 e.